The van der Waals surface area contributed by atoms with Gasteiger partial charge in [0.2, 0.25) is 0 Å². The fraction of sp³-hybridized carbons (Fsp3) is 0.611. The van der Waals surface area contributed by atoms with Crippen molar-refractivity contribution in [2.24, 2.45) is 5.73 Å². The molecule has 2 rings (SSSR count). The first kappa shape index (κ1) is 16.2. The number of rotatable bonds is 5. The number of Topliss-reactive ketones (excluding diaryl/α,β-unsaturated/α-hetero) is 1. The highest BCUT2D eigenvalue weighted by atomic mass is 16.1. The molecule has 0 bridgehead atoms. The molecule has 3 heteroatoms. The van der Waals surface area contributed by atoms with Crippen molar-refractivity contribution in [3.05, 3.63) is 35.4 Å². The van der Waals surface area contributed by atoms with Crippen LogP contribution < -0.4 is 5.73 Å². The van der Waals surface area contributed by atoms with E-state index in [0.29, 0.717) is 12.5 Å². The summed E-state index contributed by atoms with van der Waals surface area (Å²) >= 11 is 0. The molecule has 0 radical (unpaired) electrons. The van der Waals surface area contributed by atoms with E-state index >= 15 is 0 Å². The van der Waals surface area contributed by atoms with Crippen LogP contribution in [0.5, 0.6) is 0 Å². The van der Waals surface area contributed by atoms with E-state index in [9.17, 15) is 4.79 Å². The lowest BCUT2D eigenvalue weighted by molar-refractivity contribution is 0.0976. The molecule has 1 aromatic rings. The summed E-state index contributed by atoms with van der Waals surface area (Å²) in [4.78, 5) is 14.6. The monoisotopic (exact) mass is 288 g/mol. The molecule has 0 aliphatic carbocycles. The topological polar surface area (TPSA) is 46.3 Å². The Morgan fingerprint density at radius 3 is 2.48 bits per heavy atom. The van der Waals surface area contributed by atoms with Gasteiger partial charge in [-0.3, -0.25) is 4.79 Å². The van der Waals surface area contributed by atoms with Crippen LogP contribution >= 0.6 is 0 Å². The molecule has 0 saturated carbocycles. The Bertz CT molecular complexity index is 473. The first-order valence-electron chi connectivity index (χ1n) is 7.98. The van der Waals surface area contributed by atoms with Crippen molar-refractivity contribution in [3.63, 3.8) is 0 Å². The number of carbonyl (C=O) groups excluding carboxylic acids is 1. The predicted molar refractivity (Wildman–Crippen MR) is 87.7 cm³/mol. The maximum Gasteiger partial charge on any atom is 0.162 e. The lowest BCUT2D eigenvalue weighted by Gasteiger charge is -2.19. The summed E-state index contributed by atoms with van der Waals surface area (Å²) in [6, 6.07) is 8.41. The highest BCUT2D eigenvalue weighted by Gasteiger charge is 2.19. The fourth-order valence-electron chi connectivity index (χ4n) is 2.83. The summed E-state index contributed by atoms with van der Waals surface area (Å²) in [6.07, 6.45) is 2.63. The maximum atomic E-state index is 12.2. The average molecular weight is 288 g/mol. The van der Waals surface area contributed by atoms with Gasteiger partial charge in [0, 0.05) is 24.6 Å². The number of carbonyl (C=O) groups is 1. The highest BCUT2D eigenvalue weighted by Crippen LogP contribution is 2.22. The molecule has 21 heavy (non-hydrogen) atoms. The SMILES string of the molecule is CC(C)(C)c1ccc(C(=O)CCCN2CC[C@H](N)C2)cc1. The molecule has 2 N–H and O–H groups in total. The van der Waals surface area contributed by atoms with Crippen molar-refractivity contribution in [2.45, 2.75) is 51.5 Å². The Morgan fingerprint density at radius 2 is 1.95 bits per heavy atom. The van der Waals surface area contributed by atoms with Crippen LogP contribution in [0.2, 0.25) is 0 Å². The van der Waals surface area contributed by atoms with E-state index in [4.69, 9.17) is 5.73 Å². The Kier molecular flexibility index (Phi) is 5.17. The Labute approximate surface area is 128 Å². The average Bonchev–Trinajstić information content (AvgIpc) is 2.83. The van der Waals surface area contributed by atoms with Gasteiger partial charge in [0.25, 0.3) is 0 Å². The van der Waals surface area contributed by atoms with Gasteiger partial charge in [-0.25, -0.2) is 0 Å². The molecule has 1 aliphatic rings. The summed E-state index contributed by atoms with van der Waals surface area (Å²) in [5.74, 6) is 0.249. The smallest absolute Gasteiger partial charge is 0.162 e. The van der Waals surface area contributed by atoms with Crippen LogP contribution in [0.3, 0.4) is 0 Å². The third kappa shape index (κ3) is 4.65. The molecule has 1 saturated heterocycles. The minimum Gasteiger partial charge on any atom is -0.326 e. The molecule has 0 aromatic heterocycles. The minimum absolute atomic E-state index is 0.135. The number of hydrogen-bond acceptors (Lipinski definition) is 3. The number of ketones is 1. The van der Waals surface area contributed by atoms with E-state index in [-0.39, 0.29) is 11.2 Å². The van der Waals surface area contributed by atoms with Gasteiger partial charge in [0.1, 0.15) is 0 Å². The number of likely N-dealkylation sites (tertiary alicyclic amines) is 1. The molecule has 0 amide bonds. The van der Waals surface area contributed by atoms with E-state index in [2.05, 4.69) is 37.8 Å². The zero-order valence-corrected chi connectivity index (χ0v) is 13.6. The number of benzene rings is 1. The van der Waals surface area contributed by atoms with Crippen molar-refractivity contribution < 1.29 is 4.79 Å². The Morgan fingerprint density at radius 1 is 1.29 bits per heavy atom. The summed E-state index contributed by atoms with van der Waals surface area (Å²) in [6.45, 7) is 9.60. The second kappa shape index (κ2) is 6.71. The molecular formula is C18H28N2O. The molecule has 1 aromatic carbocycles. The maximum absolute atomic E-state index is 12.2. The van der Waals surface area contributed by atoms with Crippen molar-refractivity contribution in [1.82, 2.24) is 4.90 Å². The van der Waals surface area contributed by atoms with Crippen LogP contribution in [-0.2, 0) is 5.41 Å². The fourth-order valence-corrected chi connectivity index (χ4v) is 2.83. The van der Waals surface area contributed by atoms with Crippen molar-refractivity contribution in [1.29, 1.82) is 0 Å². The second-order valence-electron chi connectivity index (χ2n) is 7.20. The van der Waals surface area contributed by atoms with Gasteiger partial charge < -0.3 is 10.6 Å². The predicted octanol–water partition coefficient (Wildman–Crippen LogP) is 2.98. The molecular weight excluding hydrogens is 260 g/mol. The lowest BCUT2D eigenvalue weighted by Crippen LogP contribution is -2.27. The van der Waals surface area contributed by atoms with Crippen molar-refractivity contribution in [2.75, 3.05) is 19.6 Å². The normalized spacial score (nSPS) is 19.9. The van der Waals surface area contributed by atoms with Crippen LogP contribution in [0, 0.1) is 0 Å². The Balaban J connectivity index is 1.80. The van der Waals surface area contributed by atoms with Crippen molar-refractivity contribution >= 4 is 5.78 Å². The molecule has 1 fully saturated rings. The number of nitrogens with zero attached hydrogens (tertiary/aromatic N) is 1. The third-order valence-corrected chi connectivity index (χ3v) is 4.26. The summed E-state index contributed by atoms with van der Waals surface area (Å²) in [5.41, 5.74) is 8.13. The quantitative estimate of drug-likeness (QED) is 0.847. The zero-order valence-electron chi connectivity index (χ0n) is 13.6. The van der Waals surface area contributed by atoms with Gasteiger partial charge in [-0.05, 0) is 36.9 Å². The molecule has 3 nitrogen and oxygen atoms in total. The van der Waals surface area contributed by atoms with E-state index in [1.807, 2.05) is 12.1 Å². The molecule has 1 heterocycles. The van der Waals surface area contributed by atoms with Crippen LogP contribution in [0.4, 0.5) is 0 Å². The van der Waals surface area contributed by atoms with Crippen molar-refractivity contribution in [3.8, 4) is 0 Å². The largest absolute Gasteiger partial charge is 0.326 e. The van der Waals surface area contributed by atoms with Gasteiger partial charge in [-0.1, -0.05) is 45.0 Å². The standard InChI is InChI=1S/C18H28N2O/c1-18(2,3)15-8-6-14(7-9-15)17(21)5-4-11-20-12-10-16(19)13-20/h6-9,16H,4-5,10-13,19H2,1-3H3/t16-/m0/s1. The van der Waals surface area contributed by atoms with Gasteiger partial charge in [0.15, 0.2) is 5.78 Å². The minimum atomic E-state index is 0.135. The van der Waals surface area contributed by atoms with Gasteiger partial charge in [-0.2, -0.15) is 0 Å². The molecule has 0 spiro atoms. The molecule has 0 unspecified atom stereocenters. The van der Waals surface area contributed by atoms with Gasteiger partial charge >= 0.3 is 0 Å². The van der Waals surface area contributed by atoms with E-state index in [0.717, 1.165) is 38.0 Å². The van der Waals surface area contributed by atoms with Crippen LogP contribution in [0.25, 0.3) is 0 Å². The third-order valence-electron chi connectivity index (χ3n) is 4.26. The lowest BCUT2D eigenvalue weighted by atomic mass is 9.86. The first-order valence-corrected chi connectivity index (χ1v) is 7.98. The van der Waals surface area contributed by atoms with Gasteiger partial charge in [-0.15, -0.1) is 0 Å². The molecule has 1 aliphatic heterocycles. The first-order chi connectivity index (χ1) is 9.86. The zero-order chi connectivity index (χ0) is 15.5. The summed E-state index contributed by atoms with van der Waals surface area (Å²) in [5, 5.41) is 0. The van der Waals surface area contributed by atoms with Crippen LogP contribution in [0.15, 0.2) is 24.3 Å². The number of hydrogen-bond donors (Lipinski definition) is 1. The Hall–Kier alpha value is -1.19. The molecule has 1 atom stereocenters. The van der Waals surface area contributed by atoms with E-state index < -0.39 is 0 Å². The summed E-state index contributed by atoms with van der Waals surface area (Å²) < 4.78 is 0. The second-order valence-corrected chi connectivity index (χ2v) is 7.20. The highest BCUT2D eigenvalue weighted by molar-refractivity contribution is 5.96. The van der Waals surface area contributed by atoms with Crippen LogP contribution in [-0.4, -0.2) is 36.4 Å². The molecule has 116 valence electrons. The van der Waals surface area contributed by atoms with Crippen LogP contribution in [0.1, 0.15) is 56.0 Å². The number of nitrogens with two attached hydrogens (primary N) is 1. The van der Waals surface area contributed by atoms with Gasteiger partial charge in [0.05, 0.1) is 0 Å². The van der Waals surface area contributed by atoms with E-state index in [1.165, 1.54) is 5.56 Å². The summed E-state index contributed by atoms with van der Waals surface area (Å²) in [7, 11) is 0. The van der Waals surface area contributed by atoms with E-state index in [1.54, 1.807) is 0 Å².